The van der Waals surface area contributed by atoms with Gasteiger partial charge in [-0.25, -0.2) is 4.90 Å². The van der Waals surface area contributed by atoms with Crippen LogP contribution in [-0.4, -0.2) is 22.8 Å². The van der Waals surface area contributed by atoms with Crippen LogP contribution in [0.5, 0.6) is 0 Å². The summed E-state index contributed by atoms with van der Waals surface area (Å²) in [4.78, 5) is 29.5. The lowest BCUT2D eigenvalue weighted by atomic mass is 10.1. The van der Waals surface area contributed by atoms with Gasteiger partial charge in [0, 0.05) is 17.6 Å². The SMILES string of the molecule is O=C1CC(N(Cc2ccccc2)Cc2ccccc2)C(=O)N1c1ccc(Br)cc1. The third-order valence-electron chi connectivity index (χ3n) is 5.11. The highest BCUT2D eigenvalue weighted by molar-refractivity contribution is 9.10. The Balaban J connectivity index is 1.62. The molecule has 0 aromatic heterocycles. The molecule has 1 atom stereocenters. The number of halogens is 1. The van der Waals surface area contributed by atoms with Crippen LogP contribution in [0.4, 0.5) is 5.69 Å². The van der Waals surface area contributed by atoms with E-state index in [1.807, 2.05) is 72.8 Å². The normalized spacial score (nSPS) is 16.6. The average molecular weight is 449 g/mol. The molecular formula is C24H21BrN2O2. The van der Waals surface area contributed by atoms with E-state index in [0.29, 0.717) is 18.8 Å². The van der Waals surface area contributed by atoms with Crippen LogP contribution >= 0.6 is 15.9 Å². The lowest BCUT2D eigenvalue weighted by Crippen LogP contribution is -2.41. The molecule has 2 amide bonds. The van der Waals surface area contributed by atoms with Crippen molar-refractivity contribution in [1.29, 1.82) is 0 Å². The van der Waals surface area contributed by atoms with Gasteiger partial charge in [0.25, 0.3) is 5.91 Å². The maximum absolute atomic E-state index is 13.3. The van der Waals surface area contributed by atoms with Crippen molar-refractivity contribution in [3.63, 3.8) is 0 Å². The molecule has 146 valence electrons. The van der Waals surface area contributed by atoms with E-state index in [-0.39, 0.29) is 18.2 Å². The molecule has 0 saturated carbocycles. The Morgan fingerprint density at radius 1 is 0.793 bits per heavy atom. The molecule has 5 heteroatoms. The Hall–Kier alpha value is -2.76. The van der Waals surface area contributed by atoms with Crippen LogP contribution in [0.15, 0.2) is 89.4 Å². The number of carbonyl (C=O) groups is 2. The molecule has 1 unspecified atom stereocenters. The highest BCUT2D eigenvalue weighted by Crippen LogP contribution is 2.28. The fraction of sp³-hybridized carbons (Fsp3) is 0.167. The summed E-state index contributed by atoms with van der Waals surface area (Å²) in [6, 6.07) is 26.9. The second-order valence-electron chi connectivity index (χ2n) is 7.14. The van der Waals surface area contributed by atoms with Crippen molar-refractivity contribution in [1.82, 2.24) is 4.90 Å². The third-order valence-corrected chi connectivity index (χ3v) is 5.63. The molecule has 0 radical (unpaired) electrons. The number of imide groups is 1. The molecule has 1 saturated heterocycles. The number of carbonyl (C=O) groups excluding carboxylic acids is 2. The van der Waals surface area contributed by atoms with E-state index < -0.39 is 6.04 Å². The van der Waals surface area contributed by atoms with Crippen LogP contribution in [0.3, 0.4) is 0 Å². The molecule has 4 rings (SSSR count). The summed E-state index contributed by atoms with van der Waals surface area (Å²) >= 11 is 3.40. The zero-order valence-corrected chi connectivity index (χ0v) is 17.5. The number of nitrogens with zero attached hydrogens (tertiary/aromatic N) is 2. The quantitative estimate of drug-likeness (QED) is 0.509. The summed E-state index contributed by atoms with van der Waals surface area (Å²) in [6.45, 7) is 1.21. The maximum Gasteiger partial charge on any atom is 0.251 e. The van der Waals surface area contributed by atoms with E-state index in [1.165, 1.54) is 4.90 Å². The Morgan fingerprint density at radius 3 is 1.83 bits per heavy atom. The lowest BCUT2D eigenvalue weighted by Gasteiger charge is -2.27. The second-order valence-corrected chi connectivity index (χ2v) is 8.06. The van der Waals surface area contributed by atoms with Crippen LogP contribution in [0.25, 0.3) is 0 Å². The van der Waals surface area contributed by atoms with Crippen LogP contribution in [-0.2, 0) is 22.7 Å². The van der Waals surface area contributed by atoms with Gasteiger partial charge >= 0.3 is 0 Å². The van der Waals surface area contributed by atoms with Gasteiger partial charge in [-0.05, 0) is 35.4 Å². The number of hydrogen-bond acceptors (Lipinski definition) is 3. The summed E-state index contributed by atoms with van der Waals surface area (Å²) in [5.74, 6) is -0.322. The summed E-state index contributed by atoms with van der Waals surface area (Å²) in [7, 11) is 0. The summed E-state index contributed by atoms with van der Waals surface area (Å²) in [6.07, 6.45) is 0.189. The Kier molecular flexibility index (Phi) is 5.88. The molecule has 0 bridgehead atoms. The molecule has 1 fully saturated rings. The number of amides is 2. The summed E-state index contributed by atoms with van der Waals surface area (Å²) in [5, 5.41) is 0. The Labute approximate surface area is 178 Å². The van der Waals surface area contributed by atoms with Crippen molar-refractivity contribution in [2.75, 3.05) is 4.90 Å². The molecule has 0 N–H and O–H groups in total. The van der Waals surface area contributed by atoms with E-state index in [9.17, 15) is 9.59 Å². The van der Waals surface area contributed by atoms with Gasteiger partial charge in [0.2, 0.25) is 5.91 Å². The van der Waals surface area contributed by atoms with Gasteiger partial charge in [0.05, 0.1) is 18.2 Å². The third kappa shape index (κ3) is 4.47. The first kappa shape index (κ1) is 19.6. The monoisotopic (exact) mass is 448 g/mol. The first-order chi connectivity index (χ1) is 14.1. The number of anilines is 1. The summed E-state index contributed by atoms with van der Waals surface area (Å²) in [5.41, 5.74) is 2.85. The largest absolute Gasteiger partial charge is 0.283 e. The van der Waals surface area contributed by atoms with E-state index in [4.69, 9.17) is 0 Å². The van der Waals surface area contributed by atoms with E-state index in [2.05, 4.69) is 20.8 Å². The second kappa shape index (κ2) is 8.72. The van der Waals surface area contributed by atoms with Gasteiger partial charge in [-0.2, -0.15) is 0 Å². The molecule has 3 aromatic rings. The molecule has 0 spiro atoms. The van der Waals surface area contributed by atoms with Gasteiger partial charge in [-0.1, -0.05) is 76.6 Å². The van der Waals surface area contributed by atoms with Crippen molar-refractivity contribution >= 4 is 33.4 Å². The molecule has 0 aliphatic carbocycles. The average Bonchev–Trinajstić information content (AvgIpc) is 3.04. The zero-order chi connectivity index (χ0) is 20.2. The highest BCUT2D eigenvalue weighted by Gasteiger charge is 2.42. The smallest absolute Gasteiger partial charge is 0.251 e. The molecule has 4 nitrogen and oxygen atoms in total. The van der Waals surface area contributed by atoms with Crippen molar-refractivity contribution in [2.45, 2.75) is 25.6 Å². The van der Waals surface area contributed by atoms with Crippen LogP contribution in [0, 0.1) is 0 Å². The van der Waals surface area contributed by atoms with Gasteiger partial charge in [0.1, 0.15) is 0 Å². The predicted octanol–water partition coefficient (Wildman–Crippen LogP) is 4.78. The molecule has 3 aromatic carbocycles. The van der Waals surface area contributed by atoms with Crippen molar-refractivity contribution in [2.24, 2.45) is 0 Å². The van der Waals surface area contributed by atoms with Gasteiger partial charge in [-0.15, -0.1) is 0 Å². The van der Waals surface area contributed by atoms with Gasteiger partial charge < -0.3 is 0 Å². The standard InChI is InChI=1S/C24H21BrN2O2/c25-20-11-13-21(14-12-20)27-23(28)15-22(24(27)29)26(16-18-7-3-1-4-8-18)17-19-9-5-2-6-10-19/h1-14,22H,15-17H2. The fourth-order valence-corrected chi connectivity index (χ4v) is 3.94. The Bertz CT molecular complexity index is 949. The van der Waals surface area contributed by atoms with E-state index in [0.717, 1.165) is 15.6 Å². The van der Waals surface area contributed by atoms with Crippen molar-refractivity contribution in [3.05, 3.63) is 101 Å². The number of hydrogen-bond donors (Lipinski definition) is 0. The minimum Gasteiger partial charge on any atom is -0.283 e. The maximum atomic E-state index is 13.3. The van der Waals surface area contributed by atoms with E-state index >= 15 is 0 Å². The molecule has 29 heavy (non-hydrogen) atoms. The Morgan fingerprint density at radius 2 is 1.31 bits per heavy atom. The molecule has 1 aliphatic heterocycles. The minimum atomic E-state index is -0.480. The first-order valence-corrected chi connectivity index (χ1v) is 10.4. The van der Waals surface area contributed by atoms with E-state index in [1.54, 1.807) is 12.1 Å². The van der Waals surface area contributed by atoms with Gasteiger partial charge in [-0.3, -0.25) is 14.5 Å². The molecular weight excluding hydrogens is 428 g/mol. The summed E-state index contributed by atoms with van der Waals surface area (Å²) < 4.78 is 0.909. The van der Waals surface area contributed by atoms with Crippen LogP contribution in [0.1, 0.15) is 17.5 Å². The topological polar surface area (TPSA) is 40.6 Å². The predicted molar refractivity (Wildman–Crippen MR) is 117 cm³/mol. The van der Waals surface area contributed by atoms with Gasteiger partial charge in [0.15, 0.2) is 0 Å². The minimum absolute atomic E-state index is 0.159. The molecule has 1 aliphatic rings. The zero-order valence-electron chi connectivity index (χ0n) is 15.9. The van der Waals surface area contributed by atoms with Crippen LogP contribution < -0.4 is 4.90 Å². The van der Waals surface area contributed by atoms with Crippen molar-refractivity contribution in [3.8, 4) is 0 Å². The molecule has 1 heterocycles. The number of rotatable bonds is 6. The highest BCUT2D eigenvalue weighted by atomic mass is 79.9. The van der Waals surface area contributed by atoms with Crippen molar-refractivity contribution < 1.29 is 9.59 Å². The first-order valence-electron chi connectivity index (χ1n) is 9.56. The van der Waals surface area contributed by atoms with Crippen LogP contribution in [0.2, 0.25) is 0 Å². The number of benzene rings is 3. The fourth-order valence-electron chi connectivity index (χ4n) is 3.67. The lowest BCUT2D eigenvalue weighted by molar-refractivity contribution is -0.123.